The maximum Gasteiger partial charge on any atom is 0.261 e. The Morgan fingerprint density at radius 3 is 2.28 bits per heavy atom. The Balaban J connectivity index is 1.94. The van der Waals surface area contributed by atoms with Crippen molar-refractivity contribution in [1.29, 1.82) is 0 Å². The Kier molecular flexibility index (Phi) is 4.31. The predicted octanol–water partition coefficient (Wildman–Crippen LogP) is 3.00. The van der Waals surface area contributed by atoms with Crippen LogP contribution in [0, 0.1) is 26.6 Å². The van der Waals surface area contributed by atoms with E-state index in [0.717, 1.165) is 11.4 Å². The second-order valence-corrected chi connectivity index (χ2v) is 5.86. The van der Waals surface area contributed by atoms with Gasteiger partial charge < -0.3 is 4.90 Å². The van der Waals surface area contributed by atoms with Crippen molar-refractivity contribution in [3.8, 4) is 5.95 Å². The zero-order valence-corrected chi connectivity index (χ0v) is 14.5. The van der Waals surface area contributed by atoms with Gasteiger partial charge in [0.25, 0.3) is 11.9 Å². The lowest BCUT2D eigenvalue weighted by Crippen LogP contribution is -2.26. The molecule has 0 aliphatic heterocycles. The van der Waals surface area contributed by atoms with Crippen LogP contribution >= 0.6 is 0 Å². The van der Waals surface area contributed by atoms with Crippen LogP contribution < -0.4 is 4.90 Å². The van der Waals surface area contributed by atoms with Crippen LogP contribution in [-0.2, 0) is 0 Å². The van der Waals surface area contributed by atoms with Gasteiger partial charge in [0.15, 0.2) is 0 Å². The fourth-order valence-corrected chi connectivity index (χ4v) is 2.54. The van der Waals surface area contributed by atoms with Gasteiger partial charge in [-0.1, -0.05) is 0 Å². The fraction of sp³-hybridized carbons (Fsp3) is 0.222. The number of hydrogen-bond acceptors (Lipinski definition) is 4. The van der Waals surface area contributed by atoms with Crippen molar-refractivity contribution in [3.05, 3.63) is 65.0 Å². The first-order chi connectivity index (χ1) is 11.8. The van der Waals surface area contributed by atoms with E-state index in [1.165, 1.54) is 21.7 Å². The molecule has 0 saturated carbocycles. The van der Waals surface area contributed by atoms with Crippen molar-refractivity contribution in [1.82, 2.24) is 19.7 Å². The monoisotopic (exact) mass is 339 g/mol. The normalized spacial score (nSPS) is 10.8. The topological polar surface area (TPSA) is 63.9 Å². The summed E-state index contributed by atoms with van der Waals surface area (Å²) in [6.45, 7) is 5.51. The fourth-order valence-electron chi connectivity index (χ4n) is 2.54. The second-order valence-electron chi connectivity index (χ2n) is 5.86. The number of hydrogen-bond donors (Lipinski definition) is 0. The molecule has 0 atom stereocenters. The number of carbonyl (C=O) groups excluding carboxylic acids is 1. The summed E-state index contributed by atoms with van der Waals surface area (Å²) in [4.78, 5) is 22.9. The Hall–Kier alpha value is -3.09. The molecule has 128 valence electrons. The van der Waals surface area contributed by atoms with E-state index in [4.69, 9.17) is 0 Å². The van der Waals surface area contributed by atoms with Crippen LogP contribution in [0.1, 0.15) is 27.4 Å². The number of benzene rings is 1. The van der Waals surface area contributed by atoms with Crippen LogP contribution in [0.25, 0.3) is 5.95 Å². The van der Waals surface area contributed by atoms with Gasteiger partial charge in [0, 0.05) is 30.3 Å². The molecule has 0 spiro atoms. The average Bonchev–Trinajstić information content (AvgIpc) is 2.95. The van der Waals surface area contributed by atoms with Crippen LogP contribution in [0.5, 0.6) is 0 Å². The molecule has 3 rings (SSSR count). The average molecular weight is 339 g/mol. The van der Waals surface area contributed by atoms with E-state index in [-0.39, 0.29) is 11.7 Å². The first-order valence-electron chi connectivity index (χ1n) is 7.77. The molecule has 0 aliphatic carbocycles. The molecule has 2 aromatic heterocycles. The Bertz CT molecular complexity index is 913. The molecule has 2 heterocycles. The minimum atomic E-state index is -0.347. The molecular formula is C18H18FN5O. The van der Waals surface area contributed by atoms with Gasteiger partial charge in [0.2, 0.25) is 0 Å². The van der Waals surface area contributed by atoms with Crippen molar-refractivity contribution >= 4 is 11.6 Å². The van der Waals surface area contributed by atoms with Crippen molar-refractivity contribution < 1.29 is 9.18 Å². The van der Waals surface area contributed by atoms with Gasteiger partial charge >= 0.3 is 0 Å². The lowest BCUT2D eigenvalue weighted by Gasteiger charge is -2.16. The summed E-state index contributed by atoms with van der Waals surface area (Å²) in [5.74, 6) is -0.163. The summed E-state index contributed by atoms with van der Waals surface area (Å²) < 4.78 is 14.6. The van der Waals surface area contributed by atoms with Crippen molar-refractivity contribution in [2.75, 3.05) is 11.9 Å². The van der Waals surface area contributed by atoms with E-state index in [1.54, 1.807) is 32.3 Å². The third-order valence-electron chi connectivity index (χ3n) is 3.82. The van der Waals surface area contributed by atoms with Crippen molar-refractivity contribution in [3.63, 3.8) is 0 Å². The summed E-state index contributed by atoms with van der Waals surface area (Å²) in [6, 6.07) is 7.62. The minimum Gasteiger partial charge on any atom is -0.311 e. The smallest absolute Gasteiger partial charge is 0.261 e. The number of nitrogens with zero attached hydrogens (tertiary/aromatic N) is 5. The van der Waals surface area contributed by atoms with E-state index in [1.807, 2.05) is 19.9 Å². The van der Waals surface area contributed by atoms with Gasteiger partial charge in [0.05, 0.1) is 11.3 Å². The Morgan fingerprint density at radius 1 is 1.08 bits per heavy atom. The third-order valence-corrected chi connectivity index (χ3v) is 3.82. The third kappa shape index (κ3) is 3.40. The molecule has 0 bridgehead atoms. The van der Waals surface area contributed by atoms with Gasteiger partial charge in [-0.2, -0.15) is 5.10 Å². The number of aryl methyl sites for hydroxylation is 3. The molecule has 1 aromatic carbocycles. The summed E-state index contributed by atoms with van der Waals surface area (Å²) >= 11 is 0. The molecule has 0 fully saturated rings. The van der Waals surface area contributed by atoms with Crippen LogP contribution in [0.4, 0.5) is 10.1 Å². The minimum absolute atomic E-state index is 0.236. The molecule has 0 unspecified atom stereocenters. The lowest BCUT2D eigenvalue weighted by atomic mass is 10.2. The summed E-state index contributed by atoms with van der Waals surface area (Å²) in [5.41, 5.74) is 3.26. The summed E-state index contributed by atoms with van der Waals surface area (Å²) in [6.07, 6.45) is 1.62. The molecule has 25 heavy (non-hydrogen) atoms. The zero-order chi connectivity index (χ0) is 18.1. The summed E-state index contributed by atoms with van der Waals surface area (Å²) in [5, 5.41) is 4.36. The predicted molar refractivity (Wildman–Crippen MR) is 92.5 cm³/mol. The van der Waals surface area contributed by atoms with Gasteiger partial charge in [-0.15, -0.1) is 0 Å². The SMILES string of the molecule is Cc1cc(C)nc(-n2cc(C(=O)N(C)c3ccc(F)cc3)c(C)n2)n1. The number of rotatable bonds is 3. The van der Waals surface area contributed by atoms with E-state index in [9.17, 15) is 9.18 Å². The number of halogens is 1. The Labute approximate surface area is 145 Å². The van der Waals surface area contributed by atoms with Crippen molar-refractivity contribution in [2.24, 2.45) is 0 Å². The highest BCUT2D eigenvalue weighted by molar-refractivity contribution is 6.06. The number of aromatic nitrogens is 4. The maximum atomic E-state index is 13.1. The van der Waals surface area contributed by atoms with Crippen LogP contribution in [0.15, 0.2) is 36.5 Å². The van der Waals surface area contributed by atoms with Crippen LogP contribution in [0.3, 0.4) is 0 Å². The molecule has 0 saturated heterocycles. The standard InChI is InChI=1S/C18H18FN5O/c1-11-9-12(2)21-18(20-11)24-10-16(13(3)22-24)17(25)23(4)15-7-5-14(19)6-8-15/h5-10H,1-4H3. The van der Waals surface area contributed by atoms with E-state index >= 15 is 0 Å². The van der Waals surface area contributed by atoms with Gasteiger partial charge in [-0.3, -0.25) is 4.79 Å². The largest absolute Gasteiger partial charge is 0.311 e. The highest BCUT2D eigenvalue weighted by atomic mass is 19.1. The highest BCUT2D eigenvalue weighted by Crippen LogP contribution is 2.18. The van der Waals surface area contributed by atoms with E-state index < -0.39 is 0 Å². The first kappa shape index (κ1) is 16.8. The van der Waals surface area contributed by atoms with Gasteiger partial charge in [0.1, 0.15) is 5.82 Å². The first-order valence-corrected chi connectivity index (χ1v) is 7.77. The van der Waals surface area contributed by atoms with Crippen molar-refractivity contribution in [2.45, 2.75) is 20.8 Å². The number of anilines is 1. The second kappa shape index (κ2) is 6.43. The molecule has 3 aromatic rings. The van der Waals surface area contributed by atoms with Crippen LogP contribution in [0.2, 0.25) is 0 Å². The molecule has 1 amide bonds. The molecule has 7 heteroatoms. The summed E-state index contributed by atoms with van der Waals surface area (Å²) in [7, 11) is 1.64. The van der Waals surface area contributed by atoms with Gasteiger partial charge in [-0.25, -0.2) is 19.0 Å². The zero-order valence-electron chi connectivity index (χ0n) is 14.5. The molecule has 0 N–H and O–H groups in total. The lowest BCUT2D eigenvalue weighted by molar-refractivity contribution is 0.0992. The van der Waals surface area contributed by atoms with Crippen LogP contribution in [-0.4, -0.2) is 32.7 Å². The molecule has 0 aliphatic rings. The number of carbonyl (C=O) groups is 1. The maximum absolute atomic E-state index is 13.1. The quantitative estimate of drug-likeness (QED) is 0.736. The molecule has 0 radical (unpaired) electrons. The Morgan fingerprint density at radius 2 is 1.68 bits per heavy atom. The van der Waals surface area contributed by atoms with E-state index in [0.29, 0.717) is 22.9 Å². The number of amides is 1. The van der Waals surface area contributed by atoms with E-state index in [2.05, 4.69) is 15.1 Å². The van der Waals surface area contributed by atoms with Gasteiger partial charge in [-0.05, 0) is 51.1 Å². The molecular weight excluding hydrogens is 321 g/mol. The molecule has 6 nitrogen and oxygen atoms in total. The highest BCUT2D eigenvalue weighted by Gasteiger charge is 2.20.